The highest BCUT2D eigenvalue weighted by atomic mass is 32.1. The smallest absolute Gasteiger partial charge is 0.242 e. The first-order valence-corrected chi connectivity index (χ1v) is 8.12. The number of hydrogen-bond acceptors (Lipinski definition) is 4. The predicted octanol–water partition coefficient (Wildman–Crippen LogP) is 2.23. The summed E-state index contributed by atoms with van der Waals surface area (Å²) in [5, 5.41) is 3.22. The Morgan fingerprint density at radius 2 is 2.10 bits per heavy atom. The van der Waals surface area contributed by atoms with E-state index >= 15 is 0 Å². The molecule has 0 radical (unpaired) electrons. The van der Waals surface area contributed by atoms with Crippen molar-refractivity contribution < 1.29 is 4.79 Å². The van der Waals surface area contributed by atoms with Crippen LogP contribution in [0, 0.1) is 6.92 Å². The van der Waals surface area contributed by atoms with Gasteiger partial charge in [-0.1, -0.05) is 6.92 Å². The van der Waals surface area contributed by atoms with Crippen molar-refractivity contribution in [3.05, 3.63) is 34.8 Å². The summed E-state index contributed by atoms with van der Waals surface area (Å²) < 4.78 is 1.90. The molecule has 0 bridgehead atoms. The van der Waals surface area contributed by atoms with Crippen molar-refractivity contribution in [3.63, 3.8) is 0 Å². The molecular weight excluding hydrogens is 284 g/mol. The molecule has 0 spiro atoms. The molecule has 0 unspecified atom stereocenters. The molecule has 1 amide bonds. The lowest BCUT2D eigenvalue weighted by atomic mass is 9.81. The molecule has 1 aliphatic rings. The van der Waals surface area contributed by atoms with Crippen LogP contribution in [0.15, 0.2) is 24.0 Å². The predicted molar refractivity (Wildman–Crippen MR) is 82.2 cm³/mol. The maximum Gasteiger partial charge on any atom is 0.242 e. The third-order valence-electron chi connectivity index (χ3n) is 4.40. The minimum absolute atomic E-state index is 0.121. The van der Waals surface area contributed by atoms with Crippen LogP contribution in [-0.2, 0) is 16.8 Å². The summed E-state index contributed by atoms with van der Waals surface area (Å²) in [4.78, 5) is 23.0. The Hall–Kier alpha value is -1.69. The number of piperidine rings is 1. The third-order valence-corrected chi connectivity index (χ3v) is 5.48. The Balaban J connectivity index is 1.61. The summed E-state index contributed by atoms with van der Waals surface area (Å²) in [5.41, 5.74) is 0.121. The van der Waals surface area contributed by atoms with Gasteiger partial charge in [0.1, 0.15) is 12.4 Å². The Kier molecular flexibility index (Phi) is 3.80. The fraction of sp³-hybridized carbons (Fsp3) is 0.533. The molecule has 1 fully saturated rings. The van der Waals surface area contributed by atoms with E-state index in [2.05, 4.69) is 16.9 Å². The van der Waals surface area contributed by atoms with Crippen LogP contribution in [0.25, 0.3) is 0 Å². The normalized spacial score (nSPS) is 17.9. The number of imidazole rings is 1. The summed E-state index contributed by atoms with van der Waals surface area (Å²) in [6.07, 6.45) is 7.42. The van der Waals surface area contributed by atoms with E-state index in [1.54, 1.807) is 17.5 Å². The van der Waals surface area contributed by atoms with E-state index in [1.807, 2.05) is 34.2 Å². The molecule has 0 N–H and O–H groups in total. The molecule has 5 nitrogen and oxygen atoms in total. The fourth-order valence-corrected chi connectivity index (χ4v) is 3.66. The molecule has 1 aliphatic heterocycles. The van der Waals surface area contributed by atoms with Crippen LogP contribution < -0.4 is 0 Å². The number of aromatic nitrogens is 3. The number of carbonyl (C=O) groups excluding carboxylic acids is 1. The molecule has 112 valence electrons. The molecule has 2 aromatic rings. The second kappa shape index (κ2) is 5.60. The van der Waals surface area contributed by atoms with E-state index in [4.69, 9.17) is 0 Å². The van der Waals surface area contributed by atoms with Gasteiger partial charge in [0.2, 0.25) is 5.91 Å². The topological polar surface area (TPSA) is 51.0 Å². The molecule has 0 aliphatic carbocycles. The van der Waals surface area contributed by atoms with E-state index in [-0.39, 0.29) is 11.3 Å². The van der Waals surface area contributed by atoms with E-state index in [1.165, 1.54) is 5.01 Å². The Morgan fingerprint density at radius 3 is 2.67 bits per heavy atom. The lowest BCUT2D eigenvalue weighted by Crippen LogP contribution is -2.45. The minimum Gasteiger partial charge on any atom is -0.341 e. The van der Waals surface area contributed by atoms with E-state index in [9.17, 15) is 4.79 Å². The molecule has 3 heterocycles. The van der Waals surface area contributed by atoms with Crippen molar-refractivity contribution in [2.75, 3.05) is 13.1 Å². The Bertz CT molecular complexity index is 611. The molecular formula is C15H20N4OS. The molecule has 1 saturated heterocycles. The van der Waals surface area contributed by atoms with Crippen molar-refractivity contribution in [1.29, 1.82) is 0 Å². The Labute approximate surface area is 128 Å². The molecule has 6 heteroatoms. The monoisotopic (exact) mass is 304 g/mol. The van der Waals surface area contributed by atoms with Crippen LogP contribution in [0.2, 0.25) is 0 Å². The van der Waals surface area contributed by atoms with Gasteiger partial charge >= 0.3 is 0 Å². The number of amides is 1. The average molecular weight is 304 g/mol. The SMILES string of the molecule is Cc1nccn1CC(=O)N1CCC(C)(c2nccs2)CC1. The highest BCUT2D eigenvalue weighted by Crippen LogP contribution is 2.36. The zero-order chi connectivity index (χ0) is 14.9. The van der Waals surface area contributed by atoms with Crippen molar-refractivity contribution in [2.45, 2.75) is 38.6 Å². The van der Waals surface area contributed by atoms with Gasteiger partial charge in [-0.05, 0) is 19.8 Å². The summed E-state index contributed by atoms with van der Waals surface area (Å²) in [6.45, 7) is 6.18. The number of aryl methyl sites for hydroxylation is 1. The summed E-state index contributed by atoms with van der Waals surface area (Å²) in [6, 6.07) is 0. The Morgan fingerprint density at radius 1 is 1.33 bits per heavy atom. The number of nitrogens with zero attached hydrogens (tertiary/aromatic N) is 4. The summed E-state index contributed by atoms with van der Waals surface area (Å²) >= 11 is 1.72. The van der Waals surface area contributed by atoms with Gasteiger partial charge in [0.15, 0.2) is 0 Å². The number of carbonyl (C=O) groups is 1. The van der Waals surface area contributed by atoms with Crippen molar-refractivity contribution in [1.82, 2.24) is 19.4 Å². The lowest BCUT2D eigenvalue weighted by Gasteiger charge is -2.38. The van der Waals surface area contributed by atoms with Gasteiger partial charge in [0.05, 0.1) is 5.01 Å². The van der Waals surface area contributed by atoms with Gasteiger partial charge in [-0.2, -0.15) is 0 Å². The van der Waals surface area contributed by atoms with Gasteiger partial charge in [0, 0.05) is 42.5 Å². The van der Waals surface area contributed by atoms with Crippen LogP contribution >= 0.6 is 11.3 Å². The first-order valence-electron chi connectivity index (χ1n) is 7.24. The molecule has 2 aromatic heterocycles. The van der Waals surface area contributed by atoms with Crippen LogP contribution in [0.1, 0.15) is 30.6 Å². The van der Waals surface area contributed by atoms with Crippen molar-refractivity contribution in [3.8, 4) is 0 Å². The van der Waals surface area contributed by atoms with E-state index in [0.29, 0.717) is 6.54 Å². The van der Waals surface area contributed by atoms with Crippen LogP contribution in [0.5, 0.6) is 0 Å². The highest BCUT2D eigenvalue weighted by Gasteiger charge is 2.35. The standard InChI is InChI=1S/C15H20N4OS/c1-12-16-5-9-19(12)11-13(20)18-7-3-15(2,4-8-18)14-17-6-10-21-14/h5-6,9-10H,3-4,7-8,11H2,1-2H3. The van der Waals surface area contributed by atoms with Gasteiger partial charge < -0.3 is 9.47 Å². The first-order chi connectivity index (χ1) is 10.1. The molecule has 0 aromatic carbocycles. The lowest BCUT2D eigenvalue weighted by molar-refractivity contribution is -0.133. The second-order valence-corrected chi connectivity index (χ2v) is 6.78. The summed E-state index contributed by atoms with van der Waals surface area (Å²) in [7, 11) is 0. The number of likely N-dealkylation sites (tertiary alicyclic amines) is 1. The average Bonchev–Trinajstić information content (AvgIpc) is 3.12. The molecule has 0 atom stereocenters. The van der Waals surface area contributed by atoms with Crippen LogP contribution in [0.4, 0.5) is 0 Å². The number of thiazole rings is 1. The maximum atomic E-state index is 12.4. The number of hydrogen-bond donors (Lipinski definition) is 0. The van der Waals surface area contributed by atoms with Gasteiger partial charge in [-0.25, -0.2) is 9.97 Å². The highest BCUT2D eigenvalue weighted by molar-refractivity contribution is 7.09. The molecule has 21 heavy (non-hydrogen) atoms. The van der Waals surface area contributed by atoms with Gasteiger partial charge in [-0.3, -0.25) is 4.79 Å². The largest absolute Gasteiger partial charge is 0.341 e. The maximum absolute atomic E-state index is 12.4. The van der Waals surface area contributed by atoms with E-state index in [0.717, 1.165) is 31.8 Å². The van der Waals surface area contributed by atoms with Gasteiger partial charge in [0.25, 0.3) is 0 Å². The minimum atomic E-state index is 0.121. The second-order valence-electron chi connectivity index (χ2n) is 5.88. The zero-order valence-electron chi connectivity index (χ0n) is 12.5. The number of rotatable bonds is 3. The quantitative estimate of drug-likeness (QED) is 0.874. The van der Waals surface area contributed by atoms with Crippen LogP contribution in [-0.4, -0.2) is 38.4 Å². The molecule has 0 saturated carbocycles. The zero-order valence-corrected chi connectivity index (χ0v) is 13.3. The summed E-state index contributed by atoms with van der Waals surface area (Å²) in [5.74, 6) is 1.06. The first kappa shape index (κ1) is 14.3. The van der Waals surface area contributed by atoms with Crippen molar-refractivity contribution in [2.24, 2.45) is 0 Å². The fourth-order valence-electron chi connectivity index (χ4n) is 2.80. The van der Waals surface area contributed by atoms with Crippen LogP contribution in [0.3, 0.4) is 0 Å². The third kappa shape index (κ3) is 2.85. The van der Waals surface area contributed by atoms with Crippen molar-refractivity contribution >= 4 is 17.2 Å². The van der Waals surface area contributed by atoms with E-state index < -0.39 is 0 Å². The van der Waals surface area contributed by atoms with Gasteiger partial charge in [-0.15, -0.1) is 11.3 Å². The molecule has 3 rings (SSSR count).